The summed E-state index contributed by atoms with van der Waals surface area (Å²) in [5.41, 5.74) is 1.92. The SMILES string of the molecule is CC#C[C@H](C)[C@@H](C)O[Si](C(C)C)(C(C)C)C(C)C. The van der Waals surface area contributed by atoms with Crippen molar-refractivity contribution in [2.75, 3.05) is 0 Å². The highest BCUT2D eigenvalue weighted by atomic mass is 28.4. The Kier molecular flexibility index (Phi) is 7.25. The van der Waals surface area contributed by atoms with E-state index in [-0.39, 0.29) is 6.10 Å². The molecule has 0 amide bonds. The molecule has 106 valence electrons. The normalized spacial score (nSPS) is 15.8. The van der Waals surface area contributed by atoms with Crippen molar-refractivity contribution in [1.29, 1.82) is 0 Å². The molecule has 2 heteroatoms. The molecule has 2 atom stereocenters. The molecule has 0 aromatic heterocycles. The zero-order valence-corrected chi connectivity index (χ0v) is 14.8. The van der Waals surface area contributed by atoms with Crippen LogP contribution in [0.25, 0.3) is 0 Å². The van der Waals surface area contributed by atoms with Crippen molar-refractivity contribution in [3.8, 4) is 11.8 Å². The Bertz CT molecular complexity index is 274. The highest BCUT2D eigenvalue weighted by Gasteiger charge is 2.46. The number of hydrogen-bond acceptors (Lipinski definition) is 1. The maximum absolute atomic E-state index is 6.67. The van der Waals surface area contributed by atoms with E-state index in [9.17, 15) is 0 Å². The molecule has 18 heavy (non-hydrogen) atoms. The lowest BCUT2D eigenvalue weighted by molar-refractivity contribution is 0.160. The maximum Gasteiger partial charge on any atom is 0.200 e. The lowest BCUT2D eigenvalue weighted by Gasteiger charge is -2.44. The largest absolute Gasteiger partial charge is 0.412 e. The van der Waals surface area contributed by atoms with Crippen molar-refractivity contribution in [3.05, 3.63) is 0 Å². The fourth-order valence-electron chi connectivity index (χ4n) is 3.18. The highest BCUT2D eigenvalue weighted by Crippen LogP contribution is 2.43. The van der Waals surface area contributed by atoms with Gasteiger partial charge < -0.3 is 4.43 Å². The Morgan fingerprint density at radius 2 is 1.17 bits per heavy atom. The van der Waals surface area contributed by atoms with Gasteiger partial charge in [0.2, 0.25) is 8.32 Å². The van der Waals surface area contributed by atoms with E-state index in [1.54, 1.807) is 0 Å². The Morgan fingerprint density at radius 1 is 0.778 bits per heavy atom. The quantitative estimate of drug-likeness (QED) is 0.473. The summed E-state index contributed by atoms with van der Waals surface area (Å²) in [5.74, 6) is 6.56. The molecular formula is C16H32OSi. The minimum absolute atomic E-state index is 0.233. The fraction of sp³-hybridized carbons (Fsp3) is 0.875. The van der Waals surface area contributed by atoms with Gasteiger partial charge in [-0.05, 0) is 37.4 Å². The van der Waals surface area contributed by atoms with Gasteiger partial charge in [-0.1, -0.05) is 47.5 Å². The van der Waals surface area contributed by atoms with E-state index in [0.717, 1.165) is 0 Å². The van der Waals surface area contributed by atoms with E-state index in [2.05, 4.69) is 67.2 Å². The van der Waals surface area contributed by atoms with Gasteiger partial charge >= 0.3 is 0 Å². The third kappa shape index (κ3) is 3.86. The van der Waals surface area contributed by atoms with Gasteiger partial charge in [-0.3, -0.25) is 0 Å². The van der Waals surface area contributed by atoms with Gasteiger partial charge in [0.25, 0.3) is 0 Å². The Morgan fingerprint density at radius 3 is 1.44 bits per heavy atom. The molecule has 0 aromatic rings. The van der Waals surface area contributed by atoms with Gasteiger partial charge in [-0.2, -0.15) is 0 Å². The standard InChI is InChI=1S/C16H32OSi/c1-10-11-15(8)16(9)17-18(12(2)3,13(4)5)14(6)7/h12-16H,1-9H3/t15-,16+/m0/s1. The van der Waals surface area contributed by atoms with E-state index in [4.69, 9.17) is 4.43 Å². The predicted molar refractivity (Wildman–Crippen MR) is 84.2 cm³/mol. The minimum atomic E-state index is -1.75. The summed E-state index contributed by atoms with van der Waals surface area (Å²) in [6, 6.07) is 0. The van der Waals surface area contributed by atoms with Crippen LogP contribution < -0.4 is 0 Å². The third-order valence-electron chi connectivity index (χ3n) is 4.17. The first kappa shape index (κ1) is 17.7. The highest BCUT2D eigenvalue weighted by molar-refractivity contribution is 6.77. The fourth-order valence-corrected chi connectivity index (χ4v) is 8.84. The lowest BCUT2D eigenvalue weighted by atomic mass is 10.1. The maximum atomic E-state index is 6.67. The molecule has 0 spiro atoms. The van der Waals surface area contributed by atoms with Crippen LogP contribution in [-0.4, -0.2) is 14.4 Å². The van der Waals surface area contributed by atoms with Crippen LogP contribution in [0.3, 0.4) is 0 Å². The van der Waals surface area contributed by atoms with Crippen LogP contribution in [0, 0.1) is 17.8 Å². The molecule has 0 rings (SSSR count). The average molecular weight is 269 g/mol. The average Bonchev–Trinajstić information content (AvgIpc) is 2.24. The summed E-state index contributed by atoms with van der Waals surface area (Å²) in [7, 11) is -1.75. The van der Waals surface area contributed by atoms with Gasteiger partial charge in [0.15, 0.2) is 0 Å². The van der Waals surface area contributed by atoms with Crippen LogP contribution in [0.5, 0.6) is 0 Å². The molecule has 0 aliphatic heterocycles. The summed E-state index contributed by atoms with van der Waals surface area (Å²) in [6.07, 6.45) is 0.233. The van der Waals surface area contributed by atoms with Gasteiger partial charge in [-0.25, -0.2) is 0 Å². The van der Waals surface area contributed by atoms with Crippen molar-refractivity contribution >= 4 is 8.32 Å². The van der Waals surface area contributed by atoms with Crippen LogP contribution in [0.4, 0.5) is 0 Å². The van der Waals surface area contributed by atoms with E-state index < -0.39 is 8.32 Å². The van der Waals surface area contributed by atoms with Crippen LogP contribution >= 0.6 is 0 Å². The summed E-state index contributed by atoms with van der Waals surface area (Å²) in [4.78, 5) is 0. The Labute approximate surface area is 116 Å². The molecule has 0 radical (unpaired) electrons. The van der Waals surface area contributed by atoms with Gasteiger partial charge in [-0.15, -0.1) is 5.92 Å². The predicted octanol–water partition coefficient (Wildman–Crippen LogP) is 5.23. The first-order valence-electron chi connectivity index (χ1n) is 7.30. The van der Waals surface area contributed by atoms with Gasteiger partial charge in [0.05, 0.1) is 6.10 Å². The summed E-state index contributed by atoms with van der Waals surface area (Å²) in [5, 5.41) is 0. The zero-order valence-electron chi connectivity index (χ0n) is 13.8. The van der Waals surface area contributed by atoms with Crippen LogP contribution in [0.1, 0.15) is 62.3 Å². The molecular weight excluding hydrogens is 236 g/mol. The molecule has 0 saturated carbocycles. The monoisotopic (exact) mass is 268 g/mol. The lowest BCUT2D eigenvalue weighted by Crippen LogP contribution is -2.50. The van der Waals surface area contributed by atoms with Crippen LogP contribution in [-0.2, 0) is 4.43 Å². The minimum Gasteiger partial charge on any atom is -0.412 e. The van der Waals surface area contributed by atoms with Crippen LogP contribution in [0.2, 0.25) is 16.6 Å². The molecule has 1 nitrogen and oxygen atoms in total. The van der Waals surface area contributed by atoms with Crippen molar-refractivity contribution < 1.29 is 4.43 Å². The zero-order chi connectivity index (χ0) is 14.5. The molecule has 0 N–H and O–H groups in total. The van der Waals surface area contributed by atoms with Crippen LogP contribution in [0.15, 0.2) is 0 Å². The molecule has 0 aliphatic carbocycles. The molecule has 0 aliphatic rings. The molecule has 0 heterocycles. The van der Waals surface area contributed by atoms with E-state index in [1.165, 1.54) is 0 Å². The molecule has 0 saturated heterocycles. The van der Waals surface area contributed by atoms with E-state index in [0.29, 0.717) is 22.5 Å². The first-order valence-corrected chi connectivity index (χ1v) is 9.44. The molecule has 0 unspecified atom stereocenters. The van der Waals surface area contributed by atoms with Gasteiger partial charge in [0.1, 0.15) is 0 Å². The Hall–Kier alpha value is -0.263. The Balaban J connectivity index is 5.16. The topological polar surface area (TPSA) is 9.23 Å². The molecule has 0 bridgehead atoms. The van der Waals surface area contributed by atoms with Crippen molar-refractivity contribution in [3.63, 3.8) is 0 Å². The van der Waals surface area contributed by atoms with E-state index >= 15 is 0 Å². The molecule has 0 fully saturated rings. The number of hydrogen-bond donors (Lipinski definition) is 0. The van der Waals surface area contributed by atoms with Crippen molar-refractivity contribution in [2.24, 2.45) is 5.92 Å². The summed E-state index contributed by atoms with van der Waals surface area (Å²) >= 11 is 0. The smallest absolute Gasteiger partial charge is 0.200 e. The van der Waals surface area contributed by atoms with Crippen molar-refractivity contribution in [2.45, 2.75) is 85.0 Å². The third-order valence-corrected chi connectivity index (χ3v) is 10.4. The molecule has 0 aromatic carbocycles. The first-order chi connectivity index (χ1) is 8.20. The number of rotatable bonds is 6. The second kappa shape index (κ2) is 7.36. The van der Waals surface area contributed by atoms with Gasteiger partial charge in [0, 0.05) is 5.92 Å². The summed E-state index contributed by atoms with van der Waals surface area (Å²) < 4.78 is 6.67. The second-order valence-corrected chi connectivity index (χ2v) is 11.7. The van der Waals surface area contributed by atoms with E-state index in [1.807, 2.05) is 6.92 Å². The van der Waals surface area contributed by atoms with Crippen molar-refractivity contribution in [1.82, 2.24) is 0 Å². The summed E-state index contributed by atoms with van der Waals surface area (Å²) in [6.45, 7) is 20.2. The second-order valence-electron chi connectivity index (χ2n) is 6.32.